The highest BCUT2D eigenvalue weighted by Crippen LogP contribution is 2.19. The number of hydrogen-bond donors (Lipinski definition) is 2. The van der Waals surface area contributed by atoms with Crippen LogP contribution in [0.2, 0.25) is 0 Å². The molecule has 0 fully saturated rings. The zero-order valence-corrected chi connectivity index (χ0v) is 25.3. The fourth-order valence-corrected chi connectivity index (χ4v) is 4.06. The molecule has 0 bridgehead atoms. The first-order valence-electron chi connectivity index (χ1n) is 15.3. The van der Waals surface area contributed by atoms with Crippen LogP contribution >= 0.6 is 0 Å². The lowest BCUT2D eigenvalue weighted by Gasteiger charge is -2.15. The van der Waals surface area contributed by atoms with Gasteiger partial charge < -0.3 is 34.5 Å². The molecule has 0 aliphatic rings. The first kappa shape index (κ1) is 35.3. The van der Waals surface area contributed by atoms with Crippen LogP contribution in [0.1, 0.15) is 100 Å². The number of anilines is 1. The molecule has 8 heteroatoms. The summed E-state index contributed by atoms with van der Waals surface area (Å²) >= 11 is 0. The molecule has 0 aliphatic heterocycles. The zero-order valence-electron chi connectivity index (χ0n) is 25.3. The van der Waals surface area contributed by atoms with E-state index in [0.29, 0.717) is 37.0 Å². The summed E-state index contributed by atoms with van der Waals surface area (Å²) in [6.45, 7) is 10.0. The molecule has 0 heterocycles. The van der Waals surface area contributed by atoms with Gasteiger partial charge in [-0.3, -0.25) is 0 Å². The Morgan fingerprint density at radius 1 is 0.561 bits per heavy atom. The lowest BCUT2D eigenvalue weighted by atomic mass is 9.90. The predicted octanol–water partition coefficient (Wildman–Crippen LogP) is 6.45. The van der Waals surface area contributed by atoms with Gasteiger partial charge in [0.2, 0.25) is 0 Å². The van der Waals surface area contributed by atoms with Crippen LogP contribution in [-0.4, -0.2) is 65.8 Å². The van der Waals surface area contributed by atoms with Gasteiger partial charge in [-0.05, 0) is 80.5 Å². The van der Waals surface area contributed by atoms with Gasteiger partial charge in [-0.2, -0.15) is 0 Å². The average molecular weight is 570 g/mol. The van der Waals surface area contributed by atoms with E-state index in [1.54, 1.807) is 24.3 Å². The highest BCUT2D eigenvalue weighted by Gasteiger charge is 2.08. The summed E-state index contributed by atoms with van der Waals surface area (Å²) in [4.78, 5) is 0. The Morgan fingerprint density at radius 2 is 0.927 bits per heavy atom. The quantitative estimate of drug-likeness (QED) is 0.0614. The van der Waals surface area contributed by atoms with Crippen molar-refractivity contribution in [3.8, 4) is 0 Å². The van der Waals surface area contributed by atoms with Crippen LogP contribution in [0.3, 0.4) is 0 Å². The van der Waals surface area contributed by atoms with Crippen molar-refractivity contribution >= 4 is 13.5 Å². The molecule has 2 aromatic rings. The van der Waals surface area contributed by atoms with E-state index < -0.39 is 6.29 Å². The van der Waals surface area contributed by atoms with E-state index in [1.165, 1.54) is 5.56 Å². The van der Waals surface area contributed by atoms with Gasteiger partial charge in [0.25, 0.3) is 0 Å². The molecular weight excluding hydrogens is 517 g/mol. The number of rotatable bonds is 25. The molecule has 2 rings (SSSR count). The van der Waals surface area contributed by atoms with Crippen LogP contribution < -0.4 is 5.73 Å². The molecule has 228 valence electrons. The summed E-state index contributed by atoms with van der Waals surface area (Å²) in [5.74, 6) is 0.518. The van der Waals surface area contributed by atoms with Crippen LogP contribution in [-0.2, 0) is 23.7 Å². The number of ether oxygens (including phenoxy) is 5. The van der Waals surface area contributed by atoms with Gasteiger partial charge in [-0.1, -0.05) is 50.2 Å². The smallest absolute Gasteiger partial charge is 0.181 e. The van der Waals surface area contributed by atoms with Gasteiger partial charge in [-0.15, -0.1) is 0 Å². The molecule has 0 spiro atoms. The summed E-state index contributed by atoms with van der Waals surface area (Å²) in [6.07, 6.45) is 6.77. The number of benzene rings is 2. The van der Waals surface area contributed by atoms with Gasteiger partial charge in [0.05, 0.1) is 6.61 Å². The Bertz CT molecular complexity index is 880. The number of nitrogen functional groups attached to an aromatic ring is 1. The molecule has 3 N–H and O–H groups in total. The second-order valence-electron chi connectivity index (χ2n) is 10.7. The number of nitrogens with two attached hydrogens (primary N) is 1. The van der Waals surface area contributed by atoms with Crippen molar-refractivity contribution in [1.29, 1.82) is 0 Å². The lowest BCUT2D eigenvalue weighted by Crippen LogP contribution is -2.07. The molecule has 0 saturated carbocycles. The van der Waals surface area contributed by atoms with Crippen molar-refractivity contribution in [2.24, 2.45) is 0 Å². The third kappa shape index (κ3) is 16.9. The van der Waals surface area contributed by atoms with Crippen LogP contribution in [0, 0.1) is 0 Å². The van der Waals surface area contributed by atoms with Crippen molar-refractivity contribution in [2.45, 2.75) is 83.4 Å². The molecule has 0 amide bonds. The Labute approximate surface area is 249 Å². The lowest BCUT2D eigenvalue weighted by molar-refractivity contribution is -0.104. The van der Waals surface area contributed by atoms with Crippen molar-refractivity contribution in [3.63, 3.8) is 0 Å². The largest absolute Gasteiger partial charge is 0.399 e. The SMILES string of the molecule is [B][C@@H](OCCCCOCCCCOCCCCOCCCCO[C@@H](O)c1ccc(N)cc1)c1ccc(C(C)C)cc1. The van der Waals surface area contributed by atoms with E-state index in [0.717, 1.165) is 90.0 Å². The Hall–Kier alpha value is -1.94. The minimum atomic E-state index is -0.913. The van der Waals surface area contributed by atoms with Crippen LogP contribution in [0.4, 0.5) is 5.69 Å². The van der Waals surface area contributed by atoms with E-state index >= 15 is 0 Å². The number of hydrogen-bond acceptors (Lipinski definition) is 7. The van der Waals surface area contributed by atoms with Crippen LogP contribution in [0.25, 0.3) is 0 Å². The summed E-state index contributed by atoms with van der Waals surface area (Å²) in [5.41, 5.74) is 9.36. The molecular formula is C33H52BNO6. The van der Waals surface area contributed by atoms with Crippen molar-refractivity contribution in [2.75, 3.05) is 58.6 Å². The molecule has 2 atom stereocenters. The van der Waals surface area contributed by atoms with Gasteiger partial charge in [-0.25, -0.2) is 0 Å². The molecule has 0 saturated heterocycles. The van der Waals surface area contributed by atoms with Crippen LogP contribution in [0.15, 0.2) is 48.5 Å². The monoisotopic (exact) mass is 569 g/mol. The molecule has 41 heavy (non-hydrogen) atoms. The Morgan fingerprint density at radius 3 is 1.37 bits per heavy atom. The van der Waals surface area contributed by atoms with E-state index in [9.17, 15) is 5.11 Å². The fourth-order valence-electron chi connectivity index (χ4n) is 4.06. The second-order valence-corrected chi connectivity index (χ2v) is 10.7. The fraction of sp³-hybridized carbons (Fsp3) is 0.636. The maximum Gasteiger partial charge on any atom is 0.181 e. The summed E-state index contributed by atoms with van der Waals surface area (Å²) in [5, 5.41) is 10.0. The molecule has 7 nitrogen and oxygen atoms in total. The topological polar surface area (TPSA) is 92.4 Å². The first-order valence-corrected chi connectivity index (χ1v) is 15.3. The summed E-state index contributed by atoms with van der Waals surface area (Å²) in [6, 6.07) is 15.0. The molecule has 2 radical (unpaired) electrons. The number of aliphatic hydroxyl groups excluding tert-OH is 1. The van der Waals surface area contributed by atoms with E-state index in [1.807, 2.05) is 0 Å². The van der Waals surface area contributed by atoms with Gasteiger partial charge in [0.1, 0.15) is 7.85 Å². The van der Waals surface area contributed by atoms with E-state index in [4.69, 9.17) is 37.3 Å². The third-order valence-corrected chi connectivity index (χ3v) is 6.75. The van der Waals surface area contributed by atoms with Gasteiger partial charge in [0.15, 0.2) is 6.29 Å². The van der Waals surface area contributed by atoms with Crippen molar-refractivity contribution in [3.05, 3.63) is 65.2 Å². The van der Waals surface area contributed by atoms with Crippen LogP contribution in [0.5, 0.6) is 0 Å². The van der Waals surface area contributed by atoms with Crippen molar-refractivity contribution in [1.82, 2.24) is 0 Å². The molecule has 2 aromatic carbocycles. The highest BCUT2D eigenvalue weighted by molar-refractivity contribution is 6.11. The minimum Gasteiger partial charge on any atom is -0.399 e. The Balaban J connectivity index is 1.26. The summed E-state index contributed by atoms with van der Waals surface area (Å²) in [7, 11) is 6.14. The Kier molecular flexibility index (Phi) is 19.5. The highest BCUT2D eigenvalue weighted by atomic mass is 16.6. The van der Waals surface area contributed by atoms with Gasteiger partial charge in [0, 0.05) is 63.5 Å². The van der Waals surface area contributed by atoms with Gasteiger partial charge >= 0.3 is 0 Å². The number of unbranched alkanes of at least 4 members (excludes halogenated alkanes) is 4. The van der Waals surface area contributed by atoms with E-state index in [2.05, 4.69) is 38.1 Å². The molecule has 0 aliphatic carbocycles. The van der Waals surface area contributed by atoms with E-state index in [-0.39, 0.29) is 6.00 Å². The normalized spacial score (nSPS) is 13.1. The molecule has 0 unspecified atom stereocenters. The second kappa shape index (κ2) is 22.6. The maximum atomic E-state index is 10.0. The first-order chi connectivity index (χ1) is 20.0. The standard InChI is InChI=1S/C33H52BNO6/c1-27(2)28-11-13-29(14-12-28)32(34)40-25-9-7-23-38-21-5-3-19-37-20-4-6-22-39-24-8-10-26-41-33(36)30-15-17-31(35)18-16-30/h11-18,27,32-33,36H,3-10,19-26,35H2,1-2H3/t32-,33+/m0/s1. The summed E-state index contributed by atoms with van der Waals surface area (Å²) < 4.78 is 28.3. The minimum absolute atomic E-state index is 0.371. The van der Waals surface area contributed by atoms with Crippen molar-refractivity contribution < 1.29 is 28.8 Å². The number of aliphatic hydroxyl groups is 1. The predicted molar refractivity (Wildman–Crippen MR) is 166 cm³/mol. The third-order valence-electron chi connectivity index (χ3n) is 6.75. The molecule has 0 aromatic heterocycles. The zero-order chi connectivity index (χ0) is 29.5. The maximum absolute atomic E-state index is 10.0. The average Bonchev–Trinajstić information content (AvgIpc) is 2.98.